The van der Waals surface area contributed by atoms with Crippen molar-refractivity contribution in [3.8, 4) is 17.6 Å². The summed E-state index contributed by atoms with van der Waals surface area (Å²) in [5.74, 6) is 6.94. The lowest BCUT2D eigenvalue weighted by molar-refractivity contribution is 0.0917. The van der Waals surface area contributed by atoms with E-state index in [0.29, 0.717) is 41.9 Å². The maximum atomic E-state index is 12.7. The lowest BCUT2D eigenvalue weighted by Gasteiger charge is -2.15. The Hall–Kier alpha value is -2.82. The van der Waals surface area contributed by atoms with Gasteiger partial charge in [0.1, 0.15) is 11.9 Å². The van der Waals surface area contributed by atoms with E-state index in [9.17, 15) is 4.79 Å². The van der Waals surface area contributed by atoms with Crippen molar-refractivity contribution in [1.29, 1.82) is 0 Å². The quantitative estimate of drug-likeness (QED) is 0.684. The molecule has 2 rings (SSSR count). The van der Waals surface area contributed by atoms with Crippen LogP contribution in [0.4, 0.5) is 5.82 Å². The molecule has 150 valence electrons. The van der Waals surface area contributed by atoms with Crippen molar-refractivity contribution in [2.75, 3.05) is 25.6 Å². The van der Waals surface area contributed by atoms with E-state index in [1.54, 1.807) is 43.2 Å². The van der Waals surface area contributed by atoms with Crippen LogP contribution in [0.2, 0.25) is 0 Å². The van der Waals surface area contributed by atoms with Gasteiger partial charge in [0, 0.05) is 43.6 Å². The SMILES string of the molecule is COC[C@H](C)Oc1cc(C#CCNC(C)C)cc(C(=O)Nc2ccn(C)n2)c1. The average molecular weight is 384 g/mol. The van der Waals surface area contributed by atoms with E-state index in [1.807, 2.05) is 13.0 Å². The van der Waals surface area contributed by atoms with Gasteiger partial charge in [0.2, 0.25) is 0 Å². The zero-order valence-electron chi connectivity index (χ0n) is 17.1. The molecule has 2 N–H and O–H groups in total. The van der Waals surface area contributed by atoms with Crippen LogP contribution in [-0.4, -0.2) is 48.1 Å². The molecule has 1 heterocycles. The van der Waals surface area contributed by atoms with E-state index in [1.165, 1.54) is 0 Å². The van der Waals surface area contributed by atoms with Gasteiger partial charge in [-0.25, -0.2) is 0 Å². The normalized spacial score (nSPS) is 11.6. The Bertz CT molecular complexity index is 849. The van der Waals surface area contributed by atoms with Crippen molar-refractivity contribution in [1.82, 2.24) is 15.1 Å². The number of nitrogens with zero attached hydrogens (tertiary/aromatic N) is 2. The topological polar surface area (TPSA) is 77.4 Å². The summed E-state index contributed by atoms with van der Waals surface area (Å²) in [4.78, 5) is 12.7. The molecule has 0 spiro atoms. The summed E-state index contributed by atoms with van der Waals surface area (Å²) in [5, 5.41) is 10.2. The first-order chi connectivity index (χ1) is 13.4. The summed E-state index contributed by atoms with van der Waals surface area (Å²) in [5.41, 5.74) is 1.16. The van der Waals surface area contributed by atoms with Crippen molar-refractivity contribution in [3.63, 3.8) is 0 Å². The molecule has 0 aliphatic heterocycles. The summed E-state index contributed by atoms with van der Waals surface area (Å²) < 4.78 is 12.6. The monoisotopic (exact) mass is 384 g/mol. The second kappa shape index (κ2) is 10.5. The fraction of sp³-hybridized carbons (Fsp3) is 0.429. The molecule has 28 heavy (non-hydrogen) atoms. The molecule has 0 saturated heterocycles. The number of hydrogen-bond donors (Lipinski definition) is 2. The van der Waals surface area contributed by atoms with Gasteiger partial charge in [0.05, 0.1) is 13.2 Å². The molecule has 1 atom stereocenters. The number of carbonyl (C=O) groups excluding carboxylic acids is 1. The van der Waals surface area contributed by atoms with Gasteiger partial charge < -0.3 is 20.1 Å². The van der Waals surface area contributed by atoms with Gasteiger partial charge in [-0.15, -0.1) is 0 Å². The number of hydrogen-bond acceptors (Lipinski definition) is 5. The Kier molecular flexibility index (Phi) is 8.05. The number of nitrogens with one attached hydrogen (secondary N) is 2. The predicted octanol–water partition coefficient (Wildman–Crippen LogP) is 2.44. The number of benzene rings is 1. The minimum Gasteiger partial charge on any atom is -0.488 e. The van der Waals surface area contributed by atoms with Gasteiger partial charge in [0.15, 0.2) is 5.82 Å². The van der Waals surface area contributed by atoms with E-state index in [2.05, 4.69) is 41.4 Å². The molecular formula is C21H28N4O3. The molecule has 0 radical (unpaired) electrons. The van der Waals surface area contributed by atoms with Crippen molar-refractivity contribution in [2.24, 2.45) is 7.05 Å². The smallest absolute Gasteiger partial charge is 0.257 e. The number of rotatable bonds is 8. The van der Waals surface area contributed by atoms with Crippen LogP contribution >= 0.6 is 0 Å². The van der Waals surface area contributed by atoms with Gasteiger partial charge in [-0.1, -0.05) is 11.8 Å². The minimum absolute atomic E-state index is 0.150. The standard InChI is InChI=1S/C21H28N4O3/c1-15(2)22-9-6-7-17-11-18(13-19(12-17)28-16(3)14-27-5)21(26)23-20-8-10-25(4)24-20/h8,10-13,15-16,22H,9,14H2,1-5H3,(H,23,24,26)/t16-/m0/s1. The van der Waals surface area contributed by atoms with Crippen molar-refractivity contribution in [3.05, 3.63) is 41.6 Å². The molecule has 1 amide bonds. The molecule has 0 aliphatic carbocycles. The molecular weight excluding hydrogens is 356 g/mol. The van der Waals surface area contributed by atoms with Crippen LogP contribution in [0.3, 0.4) is 0 Å². The first-order valence-electron chi connectivity index (χ1n) is 9.21. The molecule has 1 aromatic heterocycles. The maximum absolute atomic E-state index is 12.7. The molecule has 0 saturated carbocycles. The Balaban J connectivity index is 2.23. The zero-order chi connectivity index (χ0) is 20.5. The molecule has 7 nitrogen and oxygen atoms in total. The summed E-state index contributed by atoms with van der Waals surface area (Å²) in [6.07, 6.45) is 1.61. The van der Waals surface area contributed by atoms with Gasteiger partial charge >= 0.3 is 0 Å². The second-order valence-electron chi connectivity index (χ2n) is 6.80. The van der Waals surface area contributed by atoms with Gasteiger partial charge in [-0.2, -0.15) is 5.10 Å². The number of aryl methyl sites for hydroxylation is 1. The number of methoxy groups -OCH3 is 1. The third-order valence-electron chi connectivity index (χ3n) is 3.69. The number of amides is 1. The maximum Gasteiger partial charge on any atom is 0.257 e. The summed E-state index contributed by atoms with van der Waals surface area (Å²) in [6, 6.07) is 7.36. The van der Waals surface area contributed by atoms with Crippen LogP contribution in [0.5, 0.6) is 5.75 Å². The van der Waals surface area contributed by atoms with Crippen LogP contribution < -0.4 is 15.4 Å². The highest BCUT2D eigenvalue weighted by Gasteiger charge is 2.12. The van der Waals surface area contributed by atoms with Gasteiger partial charge in [0.25, 0.3) is 5.91 Å². The highest BCUT2D eigenvalue weighted by atomic mass is 16.5. The third-order valence-corrected chi connectivity index (χ3v) is 3.69. The molecule has 0 fully saturated rings. The number of carbonyl (C=O) groups is 1. The van der Waals surface area contributed by atoms with E-state index in [0.717, 1.165) is 0 Å². The summed E-state index contributed by atoms with van der Waals surface area (Å²) >= 11 is 0. The number of aromatic nitrogens is 2. The van der Waals surface area contributed by atoms with Crippen LogP contribution in [0, 0.1) is 11.8 Å². The second-order valence-corrected chi connectivity index (χ2v) is 6.80. The average Bonchev–Trinajstić information content (AvgIpc) is 3.03. The Labute approximate surface area is 166 Å². The van der Waals surface area contributed by atoms with Crippen molar-refractivity contribution < 1.29 is 14.3 Å². The largest absolute Gasteiger partial charge is 0.488 e. The van der Waals surface area contributed by atoms with E-state index >= 15 is 0 Å². The fourth-order valence-electron chi connectivity index (χ4n) is 2.44. The van der Waals surface area contributed by atoms with Crippen LogP contribution in [0.25, 0.3) is 0 Å². The van der Waals surface area contributed by atoms with Crippen LogP contribution in [-0.2, 0) is 11.8 Å². The van der Waals surface area contributed by atoms with E-state index < -0.39 is 0 Å². The lowest BCUT2D eigenvalue weighted by atomic mass is 10.1. The fourth-order valence-corrected chi connectivity index (χ4v) is 2.44. The third kappa shape index (κ3) is 7.06. The lowest BCUT2D eigenvalue weighted by Crippen LogP contribution is -2.22. The molecule has 7 heteroatoms. The molecule has 0 bridgehead atoms. The molecule has 1 aromatic carbocycles. The van der Waals surface area contributed by atoms with Gasteiger partial charge in [-0.05, 0) is 39.0 Å². The Morgan fingerprint density at radius 2 is 2.07 bits per heavy atom. The predicted molar refractivity (Wildman–Crippen MR) is 110 cm³/mol. The highest BCUT2D eigenvalue weighted by Crippen LogP contribution is 2.19. The minimum atomic E-state index is -0.271. The van der Waals surface area contributed by atoms with E-state index in [-0.39, 0.29) is 12.0 Å². The molecule has 0 unspecified atom stereocenters. The molecule has 2 aromatic rings. The summed E-state index contributed by atoms with van der Waals surface area (Å²) in [6.45, 7) is 7.05. The van der Waals surface area contributed by atoms with Crippen molar-refractivity contribution in [2.45, 2.75) is 32.9 Å². The van der Waals surface area contributed by atoms with Crippen LogP contribution in [0.15, 0.2) is 30.5 Å². The molecule has 0 aliphatic rings. The highest BCUT2D eigenvalue weighted by molar-refractivity contribution is 6.04. The number of ether oxygens (including phenoxy) is 2. The van der Waals surface area contributed by atoms with E-state index in [4.69, 9.17) is 9.47 Å². The first-order valence-corrected chi connectivity index (χ1v) is 9.21. The Morgan fingerprint density at radius 3 is 2.71 bits per heavy atom. The zero-order valence-corrected chi connectivity index (χ0v) is 17.1. The first kappa shape index (κ1) is 21.5. The summed E-state index contributed by atoms with van der Waals surface area (Å²) in [7, 11) is 3.41. The number of anilines is 1. The Morgan fingerprint density at radius 1 is 1.29 bits per heavy atom. The van der Waals surface area contributed by atoms with Gasteiger partial charge in [-0.3, -0.25) is 9.48 Å². The van der Waals surface area contributed by atoms with Crippen LogP contribution in [0.1, 0.15) is 36.7 Å². The van der Waals surface area contributed by atoms with Crippen molar-refractivity contribution >= 4 is 11.7 Å².